The van der Waals surface area contributed by atoms with Crippen LogP contribution in [-0.4, -0.2) is 70.2 Å². The van der Waals surface area contributed by atoms with E-state index < -0.39 is 54.5 Å². The van der Waals surface area contributed by atoms with E-state index in [1.54, 1.807) is 0 Å². The maximum Gasteiger partial charge on any atom is 0.350 e. The summed E-state index contributed by atoms with van der Waals surface area (Å²) in [5, 5.41) is 28.3. The van der Waals surface area contributed by atoms with Crippen molar-refractivity contribution in [2.24, 2.45) is 0 Å². The van der Waals surface area contributed by atoms with Crippen LogP contribution < -0.4 is 0 Å². The lowest BCUT2D eigenvalue weighted by atomic mass is 10.0. The number of ether oxygens (including phenoxy) is 3. The van der Waals surface area contributed by atoms with E-state index >= 15 is 0 Å². The average molecular weight is 350 g/mol. The lowest BCUT2D eigenvalue weighted by Crippen LogP contribution is -2.48. The highest BCUT2D eigenvalue weighted by molar-refractivity contribution is 5.89. The Morgan fingerprint density at radius 1 is 1.04 bits per heavy atom. The summed E-state index contributed by atoms with van der Waals surface area (Å²) in [6.45, 7) is 3.70. The van der Waals surface area contributed by atoms with Gasteiger partial charge in [-0.25, -0.2) is 14.4 Å². The van der Waals surface area contributed by atoms with Crippen LogP contribution in [0.1, 0.15) is 33.6 Å². The maximum absolute atomic E-state index is 11.9. The van der Waals surface area contributed by atoms with E-state index in [2.05, 4.69) is 14.2 Å². The normalized spacial score (nSPS) is 15.5. The van der Waals surface area contributed by atoms with Crippen LogP contribution in [0.4, 0.5) is 0 Å². The number of carbonyl (C=O) groups is 4. The number of aliphatic carboxylic acids is 1. The molecule has 0 aliphatic heterocycles. The summed E-state index contributed by atoms with van der Waals surface area (Å²) in [5.74, 6) is -5.06. The van der Waals surface area contributed by atoms with Crippen LogP contribution in [0.25, 0.3) is 0 Å². The van der Waals surface area contributed by atoms with Crippen molar-refractivity contribution in [3.8, 4) is 0 Å². The third-order valence-corrected chi connectivity index (χ3v) is 2.83. The standard InChI is InChI=1S/C14H22O10/c1-4-22-11(18)9(17)10(12(19)23-5-2)24-13(20)14(3,21)7-6-8(15)16/h9-10,17,21H,4-7H2,1-3H3,(H,15,16)/t9-,10-,14-/m1/s1. The summed E-state index contributed by atoms with van der Waals surface area (Å²) in [6, 6.07) is 0. The molecule has 0 spiro atoms. The van der Waals surface area contributed by atoms with Crippen molar-refractivity contribution in [3.63, 3.8) is 0 Å². The third-order valence-electron chi connectivity index (χ3n) is 2.83. The first-order valence-corrected chi connectivity index (χ1v) is 7.23. The zero-order valence-corrected chi connectivity index (χ0v) is 13.7. The molecule has 10 nitrogen and oxygen atoms in total. The molecule has 0 fully saturated rings. The van der Waals surface area contributed by atoms with E-state index in [-0.39, 0.29) is 13.2 Å². The highest BCUT2D eigenvalue weighted by Crippen LogP contribution is 2.17. The van der Waals surface area contributed by atoms with Gasteiger partial charge in [-0.05, 0) is 27.2 Å². The number of rotatable bonds is 10. The van der Waals surface area contributed by atoms with Gasteiger partial charge in [-0.3, -0.25) is 4.79 Å². The zero-order valence-electron chi connectivity index (χ0n) is 13.7. The molecule has 0 aromatic heterocycles. The molecule has 0 aromatic carbocycles. The Morgan fingerprint density at radius 2 is 1.54 bits per heavy atom. The van der Waals surface area contributed by atoms with Gasteiger partial charge in [0.1, 0.15) is 0 Å². The molecular formula is C14H22O10. The van der Waals surface area contributed by atoms with Gasteiger partial charge in [0.15, 0.2) is 11.7 Å². The molecular weight excluding hydrogens is 328 g/mol. The number of carboxylic acid groups (broad SMARTS) is 1. The largest absolute Gasteiger partial charge is 0.481 e. The topological polar surface area (TPSA) is 157 Å². The Balaban J connectivity index is 5.16. The average Bonchev–Trinajstić information content (AvgIpc) is 2.50. The highest BCUT2D eigenvalue weighted by Gasteiger charge is 2.42. The summed E-state index contributed by atoms with van der Waals surface area (Å²) in [4.78, 5) is 45.8. The van der Waals surface area contributed by atoms with E-state index in [1.807, 2.05) is 0 Å². The smallest absolute Gasteiger partial charge is 0.350 e. The minimum Gasteiger partial charge on any atom is -0.481 e. The van der Waals surface area contributed by atoms with Gasteiger partial charge in [0, 0.05) is 6.42 Å². The minimum absolute atomic E-state index is 0.0876. The molecule has 3 N–H and O–H groups in total. The second-order valence-corrected chi connectivity index (χ2v) is 4.94. The summed E-state index contributed by atoms with van der Waals surface area (Å²) in [7, 11) is 0. The molecule has 0 heterocycles. The van der Waals surface area contributed by atoms with Gasteiger partial charge < -0.3 is 29.5 Å². The van der Waals surface area contributed by atoms with Crippen molar-refractivity contribution in [2.75, 3.05) is 13.2 Å². The third kappa shape index (κ3) is 6.92. The number of aliphatic hydroxyl groups is 2. The SMILES string of the molecule is CCOC(=O)[C@H](O)[C@@H](OC(=O)[C@](C)(O)CCC(=O)O)C(=O)OCC. The van der Waals surface area contributed by atoms with Gasteiger partial charge in [0.2, 0.25) is 6.10 Å². The zero-order chi connectivity index (χ0) is 18.9. The summed E-state index contributed by atoms with van der Waals surface area (Å²) in [5.41, 5.74) is -2.24. The monoisotopic (exact) mass is 350 g/mol. The van der Waals surface area contributed by atoms with Gasteiger partial charge in [-0.15, -0.1) is 0 Å². The van der Waals surface area contributed by atoms with Crippen LogP contribution in [0.15, 0.2) is 0 Å². The molecule has 10 heteroatoms. The molecule has 0 aliphatic rings. The van der Waals surface area contributed by atoms with Crippen LogP contribution in [0.5, 0.6) is 0 Å². The number of hydrogen-bond donors (Lipinski definition) is 3. The molecule has 0 saturated carbocycles. The highest BCUT2D eigenvalue weighted by atomic mass is 16.6. The Kier molecular flexibility index (Phi) is 8.93. The first kappa shape index (κ1) is 21.8. The lowest BCUT2D eigenvalue weighted by Gasteiger charge is -2.25. The van der Waals surface area contributed by atoms with E-state index in [4.69, 9.17) is 5.11 Å². The fourth-order valence-corrected chi connectivity index (χ4v) is 1.51. The summed E-state index contributed by atoms with van der Waals surface area (Å²) < 4.78 is 13.8. The summed E-state index contributed by atoms with van der Waals surface area (Å²) >= 11 is 0. The molecule has 3 atom stereocenters. The van der Waals surface area contributed by atoms with Crippen molar-refractivity contribution < 1.29 is 48.7 Å². The molecule has 0 aromatic rings. The van der Waals surface area contributed by atoms with Crippen LogP contribution in [0.2, 0.25) is 0 Å². The van der Waals surface area contributed by atoms with Gasteiger partial charge in [0.05, 0.1) is 13.2 Å². The minimum atomic E-state index is -2.24. The van der Waals surface area contributed by atoms with Crippen LogP contribution in [0, 0.1) is 0 Å². The molecule has 0 aliphatic carbocycles. The Morgan fingerprint density at radius 3 is 2.00 bits per heavy atom. The first-order chi connectivity index (χ1) is 11.1. The van der Waals surface area contributed by atoms with Gasteiger partial charge in [0.25, 0.3) is 0 Å². The van der Waals surface area contributed by atoms with Crippen molar-refractivity contribution in [1.82, 2.24) is 0 Å². The van der Waals surface area contributed by atoms with Crippen molar-refractivity contribution >= 4 is 23.9 Å². The second kappa shape index (κ2) is 9.83. The van der Waals surface area contributed by atoms with Crippen molar-refractivity contribution in [1.29, 1.82) is 0 Å². The maximum atomic E-state index is 11.9. The van der Waals surface area contributed by atoms with Crippen LogP contribution in [-0.2, 0) is 33.4 Å². The second-order valence-electron chi connectivity index (χ2n) is 4.94. The Labute approximate surface area is 138 Å². The molecule has 0 saturated heterocycles. The van der Waals surface area contributed by atoms with Crippen LogP contribution >= 0.6 is 0 Å². The van der Waals surface area contributed by atoms with Crippen molar-refractivity contribution in [3.05, 3.63) is 0 Å². The molecule has 0 bridgehead atoms. The number of hydrogen-bond acceptors (Lipinski definition) is 9. The van der Waals surface area contributed by atoms with Gasteiger partial charge in [-0.1, -0.05) is 0 Å². The fraction of sp³-hybridized carbons (Fsp3) is 0.714. The van der Waals surface area contributed by atoms with Crippen LogP contribution in [0.3, 0.4) is 0 Å². The lowest BCUT2D eigenvalue weighted by molar-refractivity contribution is -0.192. The molecule has 24 heavy (non-hydrogen) atoms. The number of aliphatic hydroxyl groups excluding tert-OH is 1. The quantitative estimate of drug-likeness (QED) is 0.330. The Hall–Kier alpha value is -2.20. The van der Waals surface area contributed by atoms with E-state index in [9.17, 15) is 29.4 Å². The first-order valence-electron chi connectivity index (χ1n) is 7.23. The Bertz CT molecular complexity index is 470. The predicted molar refractivity (Wildman–Crippen MR) is 76.6 cm³/mol. The van der Waals surface area contributed by atoms with E-state index in [0.29, 0.717) is 0 Å². The predicted octanol–water partition coefficient (Wildman–Crippen LogP) is -0.999. The molecule has 0 rings (SSSR count). The molecule has 0 radical (unpaired) electrons. The van der Waals surface area contributed by atoms with Gasteiger partial charge >= 0.3 is 23.9 Å². The molecule has 0 amide bonds. The van der Waals surface area contributed by atoms with Crippen molar-refractivity contribution in [2.45, 2.75) is 51.4 Å². The van der Waals surface area contributed by atoms with E-state index in [1.165, 1.54) is 13.8 Å². The molecule has 138 valence electrons. The molecule has 0 unspecified atom stereocenters. The summed E-state index contributed by atoms with van der Waals surface area (Å²) in [6.07, 6.45) is -5.23. The number of carboxylic acids is 1. The van der Waals surface area contributed by atoms with Gasteiger partial charge in [-0.2, -0.15) is 0 Å². The van der Waals surface area contributed by atoms with E-state index in [0.717, 1.165) is 6.92 Å². The number of esters is 3. The number of carbonyl (C=O) groups excluding carboxylic acids is 3. The fourth-order valence-electron chi connectivity index (χ4n) is 1.51.